The van der Waals surface area contributed by atoms with Gasteiger partial charge in [0, 0.05) is 24.7 Å². The molecule has 0 amide bonds. The molecule has 0 bridgehead atoms. The Morgan fingerprint density at radius 3 is 2.08 bits per heavy atom. The van der Waals surface area contributed by atoms with Gasteiger partial charge >= 0.3 is 0 Å². The maximum atomic E-state index is 14.1. The van der Waals surface area contributed by atoms with Crippen molar-refractivity contribution in [2.75, 3.05) is 20.2 Å². The van der Waals surface area contributed by atoms with E-state index in [2.05, 4.69) is 49.1 Å². The third kappa shape index (κ3) is 6.03. The molecule has 0 aromatic heterocycles. The summed E-state index contributed by atoms with van der Waals surface area (Å²) in [6.45, 7) is 6.13. The lowest BCUT2D eigenvalue weighted by Crippen LogP contribution is -2.63. The molecule has 38 heavy (non-hydrogen) atoms. The Bertz CT molecular complexity index is 1170. The molecule has 1 saturated heterocycles. The van der Waals surface area contributed by atoms with Gasteiger partial charge in [0.05, 0.1) is 13.2 Å². The number of hydrogen-bond acceptors (Lipinski definition) is 4. The van der Waals surface area contributed by atoms with E-state index >= 15 is 0 Å². The normalized spacial score (nSPS) is 15.8. The summed E-state index contributed by atoms with van der Waals surface area (Å²) in [5, 5.41) is 10.6. The number of rotatable bonds is 13. The van der Waals surface area contributed by atoms with Crippen LogP contribution in [0.5, 0.6) is 11.5 Å². The van der Waals surface area contributed by atoms with Gasteiger partial charge in [-0.1, -0.05) is 86.8 Å². The molecular weight excluding hydrogens is 475 g/mol. The number of likely N-dealkylation sites (tertiary alicyclic amines) is 1. The number of methoxy groups -OCH3 is 1. The first-order chi connectivity index (χ1) is 18.4. The van der Waals surface area contributed by atoms with Crippen molar-refractivity contribution >= 4 is 0 Å². The van der Waals surface area contributed by atoms with Crippen LogP contribution in [0.1, 0.15) is 63.5 Å². The van der Waals surface area contributed by atoms with Crippen molar-refractivity contribution < 1.29 is 13.9 Å². The van der Waals surface area contributed by atoms with E-state index in [1.807, 2.05) is 36.4 Å². The second kappa shape index (κ2) is 12.5. The Hall–Kier alpha value is -3.36. The fourth-order valence-electron chi connectivity index (χ4n) is 5.61. The van der Waals surface area contributed by atoms with E-state index in [-0.39, 0.29) is 17.4 Å². The van der Waals surface area contributed by atoms with Gasteiger partial charge in [0.15, 0.2) is 11.6 Å². The van der Waals surface area contributed by atoms with Gasteiger partial charge in [-0.2, -0.15) is 5.26 Å². The van der Waals surface area contributed by atoms with Crippen LogP contribution in [-0.4, -0.2) is 36.7 Å². The molecular formula is C33H39FN2O2. The monoisotopic (exact) mass is 514 g/mol. The first-order valence-corrected chi connectivity index (χ1v) is 13.7. The molecule has 5 heteroatoms. The van der Waals surface area contributed by atoms with Crippen molar-refractivity contribution in [3.05, 3.63) is 95.8 Å². The molecule has 0 N–H and O–H groups in total. The Kier molecular flexibility index (Phi) is 9.07. The largest absolute Gasteiger partial charge is 0.494 e. The summed E-state index contributed by atoms with van der Waals surface area (Å²) in [7, 11) is 1.46. The molecule has 0 aliphatic carbocycles. The van der Waals surface area contributed by atoms with E-state index in [9.17, 15) is 9.65 Å². The predicted octanol–water partition coefficient (Wildman–Crippen LogP) is 7.53. The molecule has 200 valence electrons. The van der Waals surface area contributed by atoms with Crippen LogP contribution in [0.2, 0.25) is 0 Å². The van der Waals surface area contributed by atoms with Gasteiger partial charge in [-0.25, -0.2) is 4.39 Å². The zero-order valence-corrected chi connectivity index (χ0v) is 22.8. The molecule has 1 fully saturated rings. The highest BCUT2D eigenvalue weighted by Crippen LogP contribution is 2.41. The fraction of sp³-hybridized carbons (Fsp3) is 0.424. The molecule has 1 heterocycles. The average molecular weight is 515 g/mol. The Morgan fingerprint density at radius 2 is 1.55 bits per heavy atom. The van der Waals surface area contributed by atoms with Crippen LogP contribution >= 0.6 is 0 Å². The lowest BCUT2D eigenvalue weighted by Gasteiger charge is -2.51. The number of halogens is 1. The zero-order chi connectivity index (χ0) is 27.0. The predicted molar refractivity (Wildman–Crippen MR) is 150 cm³/mol. The van der Waals surface area contributed by atoms with E-state index in [0.29, 0.717) is 5.75 Å². The third-order valence-electron chi connectivity index (χ3n) is 8.12. The van der Waals surface area contributed by atoms with Crippen molar-refractivity contribution in [1.82, 2.24) is 4.90 Å². The van der Waals surface area contributed by atoms with Crippen LogP contribution < -0.4 is 9.47 Å². The second-order valence-corrected chi connectivity index (χ2v) is 10.6. The molecule has 3 aromatic carbocycles. The van der Waals surface area contributed by atoms with Crippen LogP contribution in [0.3, 0.4) is 0 Å². The highest BCUT2D eigenvalue weighted by atomic mass is 19.1. The van der Waals surface area contributed by atoms with Gasteiger partial charge in [0.1, 0.15) is 17.3 Å². The Morgan fingerprint density at radius 1 is 0.921 bits per heavy atom. The van der Waals surface area contributed by atoms with E-state index < -0.39 is 11.2 Å². The fourth-order valence-corrected chi connectivity index (χ4v) is 5.61. The summed E-state index contributed by atoms with van der Waals surface area (Å²) in [5.41, 5.74) is 1.30. The number of hydrogen-bond donors (Lipinski definition) is 0. The second-order valence-electron chi connectivity index (χ2n) is 10.6. The minimum atomic E-state index is -0.712. The van der Waals surface area contributed by atoms with Gasteiger partial charge in [-0.3, -0.25) is 4.90 Å². The van der Waals surface area contributed by atoms with Crippen molar-refractivity contribution in [3.8, 4) is 17.6 Å². The quantitative estimate of drug-likeness (QED) is 0.221. The smallest absolute Gasteiger partial charge is 0.168 e. The van der Waals surface area contributed by atoms with Gasteiger partial charge in [0.2, 0.25) is 0 Å². The summed E-state index contributed by atoms with van der Waals surface area (Å²) < 4.78 is 25.3. The van der Waals surface area contributed by atoms with E-state index in [4.69, 9.17) is 9.47 Å². The molecule has 0 saturated carbocycles. The van der Waals surface area contributed by atoms with Gasteiger partial charge < -0.3 is 9.47 Å². The number of unbranched alkanes of at least 4 members (excludes halogenated alkanes) is 2. The number of ether oxygens (including phenoxy) is 2. The van der Waals surface area contributed by atoms with Gasteiger partial charge in [-0.15, -0.1) is 0 Å². The molecule has 0 radical (unpaired) electrons. The van der Waals surface area contributed by atoms with E-state index in [0.717, 1.165) is 49.9 Å². The molecule has 1 unspecified atom stereocenters. The number of nitrogens with zero attached hydrogens (tertiary/aromatic N) is 2. The number of nitriles is 1. The van der Waals surface area contributed by atoms with Gasteiger partial charge in [-0.05, 0) is 49.4 Å². The maximum Gasteiger partial charge on any atom is 0.168 e. The SMILES string of the molecule is CCCCCC(C)(CCC(C#N)(c1ccccc1)c1ccccc1)N1CC(Oc2ccc(OC)c(F)c2)C1. The molecule has 4 nitrogen and oxygen atoms in total. The van der Waals surface area contributed by atoms with Crippen LogP contribution in [-0.2, 0) is 5.41 Å². The first-order valence-electron chi connectivity index (χ1n) is 13.7. The average Bonchev–Trinajstić information content (AvgIpc) is 2.92. The molecule has 1 aliphatic rings. The minimum Gasteiger partial charge on any atom is -0.494 e. The molecule has 1 aliphatic heterocycles. The van der Waals surface area contributed by atoms with E-state index in [1.165, 1.54) is 26.0 Å². The van der Waals surface area contributed by atoms with Crippen LogP contribution in [0, 0.1) is 17.1 Å². The van der Waals surface area contributed by atoms with E-state index in [1.54, 1.807) is 12.1 Å². The molecule has 1 atom stereocenters. The maximum absolute atomic E-state index is 14.1. The topological polar surface area (TPSA) is 45.5 Å². The van der Waals surface area contributed by atoms with Crippen molar-refractivity contribution in [3.63, 3.8) is 0 Å². The highest BCUT2D eigenvalue weighted by Gasteiger charge is 2.44. The van der Waals surface area contributed by atoms with Crippen molar-refractivity contribution in [2.24, 2.45) is 0 Å². The van der Waals surface area contributed by atoms with Crippen LogP contribution in [0.4, 0.5) is 4.39 Å². The summed E-state index contributed by atoms with van der Waals surface area (Å²) in [5.74, 6) is 0.325. The Labute approximate surface area is 227 Å². The lowest BCUT2D eigenvalue weighted by atomic mass is 9.69. The highest BCUT2D eigenvalue weighted by molar-refractivity contribution is 5.45. The van der Waals surface area contributed by atoms with Crippen LogP contribution in [0.15, 0.2) is 78.9 Å². The van der Waals surface area contributed by atoms with Gasteiger partial charge in [0.25, 0.3) is 0 Å². The Balaban J connectivity index is 1.51. The summed E-state index contributed by atoms with van der Waals surface area (Å²) in [6, 6.07) is 27.9. The lowest BCUT2D eigenvalue weighted by molar-refractivity contribution is -0.0581. The summed E-state index contributed by atoms with van der Waals surface area (Å²) in [4.78, 5) is 2.49. The zero-order valence-electron chi connectivity index (χ0n) is 22.8. The summed E-state index contributed by atoms with van der Waals surface area (Å²) >= 11 is 0. The standard InChI is InChI=1S/C33H39FN2O2/c1-4-5-12-19-32(2,36-23-29(24-36)38-28-17-18-31(37-3)30(34)22-28)20-21-33(25-35,26-13-8-6-9-14-26)27-15-10-7-11-16-27/h6-11,13-18,22,29H,4-5,12,19-21,23-24H2,1-3H3. The molecule has 4 rings (SSSR count). The minimum absolute atomic E-state index is 0.0114. The summed E-state index contributed by atoms with van der Waals surface area (Å²) in [6.07, 6.45) is 6.20. The molecule has 0 spiro atoms. The first kappa shape index (κ1) is 27.7. The third-order valence-corrected chi connectivity index (χ3v) is 8.12. The number of benzene rings is 3. The van der Waals surface area contributed by atoms with Crippen molar-refractivity contribution in [2.45, 2.75) is 69.4 Å². The van der Waals surface area contributed by atoms with Crippen molar-refractivity contribution in [1.29, 1.82) is 5.26 Å². The molecule has 3 aromatic rings. The van der Waals surface area contributed by atoms with Crippen LogP contribution in [0.25, 0.3) is 0 Å².